The van der Waals surface area contributed by atoms with E-state index in [2.05, 4.69) is 29.4 Å². The van der Waals surface area contributed by atoms with E-state index in [9.17, 15) is 4.79 Å². The highest BCUT2D eigenvalue weighted by atomic mass is 16.1. The molecule has 0 fully saturated rings. The Bertz CT molecular complexity index is 357. The van der Waals surface area contributed by atoms with Crippen LogP contribution in [0.1, 0.15) is 42.9 Å². The van der Waals surface area contributed by atoms with Crippen LogP contribution in [0.4, 0.5) is 5.69 Å². The summed E-state index contributed by atoms with van der Waals surface area (Å²) in [7, 11) is 0. The molecule has 1 rings (SSSR count). The summed E-state index contributed by atoms with van der Waals surface area (Å²) in [6.07, 6.45) is 2.09. The van der Waals surface area contributed by atoms with E-state index in [0.29, 0.717) is 23.8 Å². The molecule has 4 N–H and O–H groups in total. The molecular weight excluding hydrogens is 204 g/mol. The minimum absolute atomic E-state index is 0.203. The summed E-state index contributed by atoms with van der Waals surface area (Å²) in [5.74, 6) is 0.459. The Kier molecular flexibility index (Phi) is 4.34. The number of nitrogens with one attached hydrogen (secondary N) is 2. The first-order valence-electron chi connectivity index (χ1n) is 5.61. The zero-order valence-corrected chi connectivity index (χ0v) is 10.1. The Morgan fingerprint density at radius 1 is 1.56 bits per heavy atom. The third-order valence-corrected chi connectivity index (χ3v) is 2.45. The number of nitrogens with zero attached hydrogens (tertiary/aromatic N) is 1. The van der Waals surface area contributed by atoms with Gasteiger partial charge in [-0.15, -0.1) is 0 Å². The monoisotopic (exact) mass is 224 g/mol. The molecule has 0 saturated carbocycles. The summed E-state index contributed by atoms with van der Waals surface area (Å²) in [5.41, 5.74) is 7.16. The lowest BCUT2D eigenvalue weighted by molar-refractivity contribution is 0.0948. The van der Waals surface area contributed by atoms with E-state index in [0.717, 1.165) is 18.5 Å². The minimum atomic E-state index is -0.203. The van der Waals surface area contributed by atoms with Gasteiger partial charge in [0.05, 0.1) is 11.4 Å². The van der Waals surface area contributed by atoms with Crippen molar-refractivity contribution in [1.29, 1.82) is 0 Å². The predicted molar refractivity (Wildman–Crippen MR) is 64.1 cm³/mol. The molecule has 0 aliphatic heterocycles. The molecule has 0 aliphatic rings. The van der Waals surface area contributed by atoms with Crippen LogP contribution in [0.2, 0.25) is 0 Å². The van der Waals surface area contributed by atoms with Gasteiger partial charge in [0.1, 0.15) is 0 Å². The van der Waals surface area contributed by atoms with Gasteiger partial charge >= 0.3 is 0 Å². The number of hydrogen-bond acceptors (Lipinski definition) is 3. The molecule has 0 atom stereocenters. The number of carbonyl (C=O) groups is 1. The number of hydrogen-bond donors (Lipinski definition) is 3. The highest BCUT2D eigenvalue weighted by Gasteiger charge is 2.14. The molecule has 5 heteroatoms. The molecule has 0 saturated heterocycles. The number of aromatic amines is 1. The molecule has 1 aromatic rings. The van der Waals surface area contributed by atoms with Crippen molar-refractivity contribution in [1.82, 2.24) is 15.5 Å². The van der Waals surface area contributed by atoms with Gasteiger partial charge in [-0.05, 0) is 25.7 Å². The van der Waals surface area contributed by atoms with Gasteiger partial charge in [-0.25, -0.2) is 0 Å². The van der Waals surface area contributed by atoms with Gasteiger partial charge in [0, 0.05) is 6.54 Å². The van der Waals surface area contributed by atoms with Crippen LogP contribution in [-0.2, 0) is 0 Å². The Labute approximate surface area is 95.8 Å². The molecule has 0 radical (unpaired) electrons. The van der Waals surface area contributed by atoms with Crippen LogP contribution >= 0.6 is 0 Å². The standard InChI is InChI=1S/C11H20N4O/c1-7(2)5-4-6-13-11(16)10-9(12)8(3)14-15-10/h7H,4-6,12H2,1-3H3,(H,13,16)(H,14,15). The van der Waals surface area contributed by atoms with Crippen molar-refractivity contribution in [2.45, 2.75) is 33.6 Å². The average molecular weight is 224 g/mol. The van der Waals surface area contributed by atoms with E-state index < -0.39 is 0 Å². The van der Waals surface area contributed by atoms with Crippen LogP contribution in [0.5, 0.6) is 0 Å². The second-order valence-corrected chi connectivity index (χ2v) is 4.40. The van der Waals surface area contributed by atoms with Crippen LogP contribution in [0.15, 0.2) is 0 Å². The predicted octanol–water partition coefficient (Wildman–Crippen LogP) is 1.47. The number of rotatable bonds is 5. The first-order valence-corrected chi connectivity index (χ1v) is 5.61. The smallest absolute Gasteiger partial charge is 0.273 e. The summed E-state index contributed by atoms with van der Waals surface area (Å²) >= 11 is 0. The Morgan fingerprint density at radius 3 is 2.75 bits per heavy atom. The van der Waals surface area contributed by atoms with Crippen LogP contribution in [0, 0.1) is 12.8 Å². The molecule has 1 aromatic heterocycles. The molecule has 0 unspecified atom stereocenters. The number of nitrogen functional groups attached to an aromatic ring is 1. The van der Waals surface area contributed by atoms with Gasteiger partial charge < -0.3 is 11.1 Å². The summed E-state index contributed by atoms with van der Waals surface area (Å²) < 4.78 is 0. The van der Waals surface area contributed by atoms with E-state index in [-0.39, 0.29) is 5.91 Å². The maximum atomic E-state index is 11.6. The second-order valence-electron chi connectivity index (χ2n) is 4.40. The Morgan fingerprint density at radius 2 is 2.25 bits per heavy atom. The average Bonchev–Trinajstić information content (AvgIpc) is 2.54. The number of aryl methyl sites for hydroxylation is 1. The molecule has 0 aliphatic carbocycles. The Hall–Kier alpha value is -1.52. The summed E-state index contributed by atoms with van der Waals surface area (Å²) in [6, 6.07) is 0. The first kappa shape index (κ1) is 12.5. The maximum Gasteiger partial charge on any atom is 0.273 e. The van der Waals surface area contributed by atoms with Crippen molar-refractivity contribution in [2.75, 3.05) is 12.3 Å². The number of carbonyl (C=O) groups excluding carboxylic acids is 1. The third-order valence-electron chi connectivity index (χ3n) is 2.45. The van der Waals surface area contributed by atoms with Crippen molar-refractivity contribution in [2.24, 2.45) is 5.92 Å². The lowest BCUT2D eigenvalue weighted by Gasteiger charge is -2.05. The van der Waals surface area contributed by atoms with Crippen molar-refractivity contribution in [3.8, 4) is 0 Å². The Balaban J connectivity index is 2.39. The van der Waals surface area contributed by atoms with Gasteiger partial charge in [0.15, 0.2) is 5.69 Å². The van der Waals surface area contributed by atoms with Crippen molar-refractivity contribution in [3.63, 3.8) is 0 Å². The van der Waals surface area contributed by atoms with Crippen LogP contribution in [0.25, 0.3) is 0 Å². The molecule has 16 heavy (non-hydrogen) atoms. The fraction of sp³-hybridized carbons (Fsp3) is 0.636. The van der Waals surface area contributed by atoms with Gasteiger partial charge in [0.25, 0.3) is 5.91 Å². The lowest BCUT2D eigenvalue weighted by atomic mass is 10.1. The van der Waals surface area contributed by atoms with Crippen LogP contribution < -0.4 is 11.1 Å². The highest BCUT2D eigenvalue weighted by molar-refractivity contribution is 5.97. The normalized spacial score (nSPS) is 10.8. The van der Waals surface area contributed by atoms with E-state index in [1.165, 1.54) is 0 Å². The van der Waals surface area contributed by atoms with Crippen molar-refractivity contribution < 1.29 is 4.79 Å². The molecule has 90 valence electrons. The lowest BCUT2D eigenvalue weighted by Crippen LogP contribution is -2.25. The molecule has 5 nitrogen and oxygen atoms in total. The molecule has 0 bridgehead atoms. The molecule has 1 heterocycles. The fourth-order valence-electron chi connectivity index (χ4n) is 1.41. The first-order chi connectivity index (χ1) is 7.52. The fourth-order valence-corrected chi connectivity index (χ4v) is 1.41. The number of anilines is 1. The number of nitrogens with two attached hydrogens (primary N) is 1. The molecular formula is C11H20N4O. The topological polar surface area (TPSA) is 83.8 Å². The third kappa shape index (κ3) is 3.25. The highest BCUT2D eigenvalue weighted by Crippen LogP contribution is 2.11. The number of amides is 1. The van der Waals surface area contributed by atoms with Crippen molar-refractivity contribution in [3.05, 3.63) is 11.4 Å². The van der Waals surface area contributed by atoms with E-state index in [1.807, 2.05) is 0 Å². The van der Waals surface area contributed by atoms with E-state index >= 15 is 0 Å². The largest absolute Gasteiger partial charge is 0.395 e. The van der Waals surface area contributed by atoms with Gasteiger partial charge in [-0.1, -0.05) is 13.8 Å². The molecule has 1 amide bonds. The van der Waals surface area contributed by atoms with Gasteiger partial charge in [-0.3, -0.25) is 9.89 Å². The van der Waals surface area contributed by atoms with E-state index in [4.69, 9.17) is 5.73 Å². The molecule has 0 aromatic carbocycles. The second kappa shape index (κ2) is 5.53. The zero-order valence-electron chi connectivity index (χ0n) is 10.1. The quantitative estimate of drug-likeness (QED) is 0.662. The maximum absolute atomic E-state index is 11.6. The van der Waals surface area contributed by atoms with Gasteiger partial charge in [0.2, 0.25) is 0 Å². The van der Waals surface area contributed by atoms with Gasteiger partial charge in [-0.2, -0.15) is 5.10 Å². The number of H-pyrrole nitrogens is 1. The van der Waals surface area contributed by atoms with Crippen molar-refractivity contribution >= 4 is 11.6 Å². The van der Waals surface area contributed by atoms with Crippen LogP contribution in [0.3, 0.4) is 0 Å². The minimum Gasteiger partial charge on any atom is -0.395 e. The molecule has 0 spiro atoms. The summed E-state index contributed by atoms with van der Waals surface area (Å²) in [6.45, 7) is 6.79. The SMILES string of the molecule is Cc1[nH]nc(C(=O)NCCCC(C)C)c1N. The summed E-state index contributed by atoms with van der Waals surface area (Å²) in [5, 5.41) is 9.36. The summed E-state index contributed by atoms with van der Waals surface area (Å²) in [4.78, 5) is 11.6. The van der Waals surface area contributed by atoms with E-state index in [1.54, 1.807) is 6.92 Å². The zero-order chi connectivity index (χ0) is 12.1. The van der Waals surface area contributed by atoms with Crippen LogP contribution in [-0.4, -0.2) is 22.6 Å². The number of aromatic nitrogens is 2.